The van der Waals surface area contributed by atoms with Crippen LogP contribution in [0.1, 0.15) is 32.0 Å². The van der Waals surface area contributed by atoms with Gasteiger partial charge in [0.05, 0.1) is 18.6 Å². The molecule has 124 valence electrons. The van der Waals surface area contributed by atoms with Crippen LogP contribution in [0, 0.1) is 11.6 Å². The molecule has 0 radical (unpaired) electrons. The number of benzene rings is 1. The number of hydrogen-bond donors (Lipinski definition) is 0. The third-order valence-electron chi connectivity index (χ3n) is 3.29. The maximum atomic E-state index is 13.8. The summed E-state index contributed by atoms with van der Waals surface area (Å²) in [5, 5.41) is 4.16. The Morgan fingerprint density at radius 1 is 1.35 bits per heavy atom. The molecule has 0 unspecified atom stereocenters. The topological polar surface area (TPSA) is 57.0 Å². The molecule has 23 heavy (non-hydrogen) atoms. The normalized spacial score (nSPS) is 10.8. The third kappa shape index (κ3) is 4.58. The lowest BCUT2D eigenvalue weighted by Crippen LogP contribution is -2.07. The first-order chi connectivity index (χ1) is 11.0. The zero-order chi connectivity index (χ0) is 16.8. The molecule has 0 atom stereocenters. The fraction of sp³-hybridized carbons (Fsp3) is 0.438. The Balaban J connectivity index is 2.02. The molecule has 2 aromatic rings. The van der Waals surface area contributed by atoms with E-state index in [0.29, 0.717) is 18.9 Å². The van der Waals surface area contributed by atoms with Gasteiger partial charge in [0.25, 0.3) is 0 Å². The minimum Gasteiger partial charge on any atom is -0.466 e. The number of esters is 1. The fourth-order valence-corrected chi connectivity index (χ4v) is 2.07. The number of ether oxygens (including phenoxy) is 1. The molecule has 0 aliphatic carbocycles. The summed E-state index contributed by atoms with van der Waals surface area (Å²) >= 11 is 0. The van der Waals surface area contributed by atoms with Crippen LogP contribution in [0.15, 0.2) is 18.2 Å². The molecule has 1 heterocycles. The Morgan fingerprint density at radius 3 is 2.83 bits per heavy atom. The summed E-state index contributed by atoms with van der Waals surface area (Å²) in [5.74, 6) is -0.953. The van der Waals surface area contributed by atoms with Gasteiger partial charge in [-0.1, -0.05) is 13.3 Å². The van der Waals surface area contributed by atoms with E-state index in [1.54, 1.807) is 7.05 Å². The monoisotopic (exact) mass is 323 g/mol. The highest BCUT2D eigenvalue weighted by atomic mass is 19.1. The van der Waals surface area contributed by atoms with Crippen molar-refractivity contribution in [1.82, 2.24) is 14.8 Å². The zero-order valence-corrected chi connectivity index (χ0v) is 13.2. The molecule has 0 aliphatic rings. The molecule has 0 saturated heterocycles. The largest absolute Gasteiger partial charge is 0.466 e. The van der Waals surface area contributed by atoms with Crippen LogP contribution in [-0.4, -0.2) is 27.3 Å². The summed E-state index contributed by atoms with van der Waals surface area (Å²) in [7, 11) is 1.62. The van der Waals surface area contributed by atoms with Crippen LogP contribution in [-0.2, 0) is 23.0 Å². The lowest BCUT2D eigenvalue weighted by molar-refractivity contribution is -0.143. The average molecular weight is 323 g/mol. The van der Waals surface area contributed by atoms with Crippen molar-refractivity contribution in [2.45, 2.75) is 32.6 Å². The second kappa shape index (κ2) is 7.80. The van der Waals surface area contributed by atoms with Crippen molar-refractivity contribution < 1.29 is 18.3 Å². The van der Waals surface area contributed by atoms with Crippen LogP contribution in [0.5, 0.6) is 0 Å². The molecule has 7 heteroatoms. The summed E-state index contributed by atoms with van der Waals surface area (Å²) < 4.78 is 33.3. The van der Waals surface area contributed by atoms with E-state index in [9.17, 15) is 13.6 Å². The quantitative estimate of drug-likeness (QED) is 0.580. The van der Waals surface area contributed by atoms with Gasteiger partial charge < -0.3 is 4.74 Å². The van der Waals surface area contributed by atoms with E-state index < -0.39 is 11.6 Å². The Kier molecular flexibility index (Phi) is 5.78. The average Bonchev–Trinajstić information content (AvgIpc) is 2.86. The molecule has 1 aromatic heterocycles. The van der Waals surface area contributed by atoms with E-state index in [4.69, 9.17) is 4.74 Å². The third-order valence-corrected chi connectivity index (χ3v) is 3.29. The molecule has 0 aliphatic heterocycles. The van der Waals surface area contributed by atoms with Crippen LogP contribution in [0.4, 0.5) is 8.78 Å². The van der Waals surface area contributed by atoms with Crippen LogP contribution in [0.2, 0.25) is 0 Å². The van der Waals surface area contributed by atoms with Gasteiger partial charge in [0, 0.05) is 19.5 Å². The molecule has 0 saturated carbocycles. The number of nitrogens with zero attached hydrogens (tertiary/aromatic N) is 3. The SMILES string of the molecule is CCCCOC(=O)CCc1nc(-c2ccc(F)cc2F)n(C)n1. The molecular formula is C16H19F2N3O2. The number of hydrogen-bond acceptors (Lipinski definition) is 4. The number of carbonyl (C=O) groups excluding carboxylic acids is 1. The maximum Gasteiger partial charge on any atom is 0.306 e. The van der Waals surface area contributed by atoms with Crippen LogP contribution >= 0.6 is 0 Å². The van der Waals surface area contributed by atoms with Gasteiger partial charge in [-0.15, -0.1) is 0 Å². The van der Waals surface area contributed by atoms with Gasteiger partial charge in [0.2, 0.25) is 0 Å². The van der Waals surface area contributed by atoms with E-state index in [0.717, 1.165) is 25.0 Å². The van der Waals surface area contributed by atoms with E-state index >= 15 is 0 Å². The highest BCUT2D eigenvalue weighted by Gasteiger charge is 2.15. The van der Waals surface area contributed by atoms with Crippen molar-refractivity contribution in [3.05, 3.63) is 35.7 Å². The van der Waals surface area contributed by atoms with E-state index in [2.05, 4.69) is 10.1 Å². The Bertz CT molecular complexity index is 686. The maximum absolute atomic E-state index is 13.8. The number of rotatable bonds is 7. The van der Waals surface area contributed by atoms with E-state index in [1.807, 2.05) is 6.92 Å². The number of unbranched alkanes of at least 4 members (excludes halogenated alkanes) is 1. The summed E-state index contributed by atoms with van der Waals surface area (Å²) in [6, 6.07) is 3.28. The number of halogens is 2. The van der Waals surface area contributed by atoms with Crippen molar-refractivity contribution in [1.29, 1.82) is 0 Å². The molecule has 5 nitrogen and oxygen atoms in total. The molecule has 2 rings (SSSR count). The minimum atomic E-state index is -0.703. The second-order valence-corrected chi connectivity index (χ2v) is 5.17. The van der Waals surface area contributed by atoms with Crippen molar-refractivity contribution in [3.8, 4) is 11.4 Å². The van der Waals surface area contributed by atoms with Gasteiger partial charge in [-0.2, -0.15) is 5.10 Å². The van der Waals surface area contributed by atoms with Gasteiger partial charge in [0.15, 0.2) is 11.6 Å². The van der Waals surface area contributed by atoms with Gasteiger partial charge in [0.1, 0.15) is 11.6 Å². The zero-order valence-electron chi connectivity index (χ0n) is 13.2. The summed E-state index contributed by atoms with van der Waals surface area (Å²) in [5.41, 5.74) is 0.165. The highest BCUT2D eigenvalue weighted by Crippen LogP contribution is 2.21. The number of aryl methyl sites for hydroxylation is 2. The highest BCUT2D eigenvalue weighted by molar-refractivity contribution is 5.69. The summed E-state index contributed by atoms with van der Waals surface area (Å²) in [6.07, 6.45) is 2.27. The minimum absolute atomic E-state index is 0.165. The Morgan fingerprint density at radius 2 is 2.13 bits per heavy atom. The second-order valence-electron chi connectivity index (χ2n) is 5.17. The predicted octanol–water partition coefficient (Wildman–Crippen LogP) is 3.04. The van der Waals surface area contributed by atoms with Gasteiger partial charge in [-0.05, 0) is 18.6 Å². The molecule has 0 amide bonds. The first-order valence-corrected chi connectivity index (χ1v) is 7.52. The Hall–Kier alpha value is -2.31. The van der Waals surface area contributed by atoms with Crippen molar-refractivity contribution in [3.63, 3.8) is 0 Å². The van der Waals surface area contributed by atoms with Crippen LogP contribution in [0.25, 0.3) is 11.4 Å². The van der Waals surface area contributed by atoms with Crippen molar-refractivity contribution >= 4 is 5.97 Å². The summed E-state index contributed by atoms with van der Waals surface area (Å²) in [4.78, 5) is 15.8. The first kappa shape index (κ1) is 17.1. The van der Waals surface area contributed by atoms with Gasteiger partial charge >= 0.3 is 5.97 Å². The predicted molar refractivity (Wildman–Crippen MR) is 80.5 cm³/mol. The summed E-state index contributed by atoms with van der Waals surface area (Å²) in [6.45, 7) is 2.43. The van der Waals surface area contributed by atoms with Crippen molar-refractivity contribution in [2.24, 2.45) is 7.05 Å². The van der Waals surface area contributed by atoms with Crippen LogP contribution in [0.3, 0.4) is 0 Å². The molecular weight excluding hydrogens is 304 g/mol. The molecule has 1 aromatic carbocycles. The standard InChI is InChI=1S/C16H19F2N3O2/c1-3-4-9-23-15(22)8-7-14-19-16(21(2)20-14)12-6-5-11(17)10-13(12)18/h5-6,10H,3-4,7-9H2,1-2H3. The number of carbonyl (C=O) groups is 1. The van der Waals surface area contributed by atoms with E-state index in [-0.39, 0.29) is 23.8 Å². The van der Waals surface area contributed by atoms with Gasteiger partial charge in [-0.3, -0.25) is 4.79 Å². The lowest BCUT2D eigenvalue weighted by Gasteiger charge is -2.02. The fourth-order valence-electron chi connectivity index (χ4n) is 2.07. The van der Waals surface area contributed by atoms with Gasteiger partial charge in [-0.25, -0.2) is 18.4 Å². The Labute approximate surface area is 133 Å². The molecule has 0 spiro atoms. The molecule has 0 N–H and O–H groups in total. The first-order valence-electron chi connectivity index (χ1n) is 7.52. The molecule has 0 fully saturated rings. The lowest BCUT2D eigenvalue weighted by atomic mass is 10.2. The smallest absolute Gasteiger partial charge is 0.306 e. The van der Waals surface area contributed by atoms with Crippen molar-refractivity contribution in [2.75, 3.05) is 6.61 Å². The molecule has 0 bridgehead atoms. The van der Waals surface area contributed by atoms with E-state index in [1.165, 1.54) is 10.7 Å². The number of aromatic nitrogens is 3. The van der Waals surface area contributed by atoms with Crippen LogP contribution < -0.4 is 0 Å².